The Kier molecular flexibility index (Phi) is 4.13. The number of halogens is 1. The maximum Gasteiger partial charge on any atom is 0.269 e. The van der Waals surface area contributed by atoms with Crippen LogP contribution in [0.25, 0.3) is 0 Å². The topological polar surface area (TPSA) is 42.0 Å². The fourth-order valence-electron chi connectivity index (χ4n) is 1.99. The number of benzene rings is 1. The van der Waals surface area contributed by atoms with Crippen LogP contribution in [0.5, 0.6) is 0 Å². The van der Waals surface area contributed by atoms with Crippen molar-refractivity contribution in [3.05, 3.63) is 65.7 Å². The van der Waals surface area contributed by atoms with E-state index in [9.17, 15) is 9.18 Å². The minimum atomic E-state index is -0.490. The maximum absolute atomic E-state index is 13.8. The molecule has 0 aliphatic carbocycles. The Morgan fingerprint density at radius 2 is 1.90 bits per heavy atom. The molecule has 0 atom stereocenters. The summed E-state index contributed by atoms with van der Waals surface area (Å²) in [5.41, 5.74) is 0.452. The maximum atomic E-state index is 13.8. The summed E-state index contributed by atoms with van der Waals surface area (Å²) >= 11 is 0. The SMILES string of the molecule is CC(C)(CNC(=O)c1ccccn1)c1ccccc1F. The number of rotatable bonds is 4. The molecule has 2 aromatic rings. The molecule has 0 saturated heterocycles. The molecule has 0 aliphatic rings. The summed E-state index contributed by atoms with van der Waals surface area (Å²) in [4.78, 5) is 15.9. The van der Waals surface area contributed by atoms with Crippen molar-refractivity contribution in [1.29, 1.82) is 0 Å². The van der Waals surface area contributed by atoms with Gasteiger partial charge >= 0.3 is 0 Å². The lowest BCUT2D eigenvalue weighted by atomic mass is 9.84. The highest BCUT2D eigenvalue weighted by atomic mass is 19.1. The summed E-state index contributed by atoms with van der Waals surface area (Å²) in [6.07, 6.45) is 1.57. The van der Waals surface area contributed by atoms with Crippen LogP contribution in [0.4, 0.5) is 4.39 Å². The summed E-state index contributed by atoms with van der Waals surface area (Å²) < 4.78 is 13.8. The van der Waals surface area contributed by atoms with E-state index in [1.165, 1.54) is 6.07 Å². The second kappa shape index (κ2) is 5.82. The van der Waals surface area contributed by atoms with Crippen molar-refractivity contribution in [1.82, 2.24) is 10.3 Å². The molecule has 1 heterocycles. The van der Waals surface area contributed by atoms with Gasteiger partial charge in [-0.25, -0.2) is 4.39 Å². The fourth-order valence-corrected chi connectivity index (χ4v) is 1.99. The predicted octanol–water partition coefficient (Wildman–Crippen LogP) is 2.93. The standard InChI is InChI=1S/C16H17FN2O/c1-16(2,12-7-3-4-8-13(12)17)11-19-15(20)14-9-5-6-10-18-14/h3-10H,11H2,1-2H3,(H,19,20). The molecular formula is C16H17FN2O. The molecule has 4 heteroatoms. The lowest BCUT2D eigenvalue weighted by Gasteiger charge is -2.26. The highest BCUT2D eigenvalue weighted by molar-refractivity contribution is 5.92. The van der Waals surface area contributed by atoms with Gasteiger partial charge in [0.15, 0.2) is 0 Å². The van der Waals surface area contributed by atoms with Crippen molar-refractivity contribution in [2.45, 2.75) is 19.3 Å². The molecule has 0 radical (unpaired) electrons. The Labute approximate surface area is 117 Å². The molecule has 0 bridgehead atoms. The molecule has 2 rings (SSSR count). The number of pyridine rings is 1. The van der Waals surface area contributed by atoms with E-state index in [0.29, 0.717) is 17.8 Å². The highest BCUT2D eigenvalue weighted by Gasteiger charge is 2.24. The van der Waals surface area contributed by atoms with E-state index in [-0.39, 0.29) is 11.7 Å². The average Bonchev–Trinajstić information content (AvgIpc) is 2.46. The molecule has 0 fully saturated rings. The van der Waals surface area contributed by atoms with Crippen LogP contribution >= 0.6 is 0 Å². The molecule has 1 aromatic heterocycles. The number of amides is 1. The van der Waals surface area contributed by atoms with E-state index in [0.717, 1.165) is 0 Å². The number of carbonyl (C=O) groups is 1. The molecule has 0 saturated carbocycles. The second-order valence-electron chi connectivity index (χ2n) is 5.26. The largest absolute Gasteiger partial charge is 0.350 e. The lowest BCUT2D eigenvalue weighted by Crippen LogP contribution is -2.37. The normalized spacial score (nSPS) is 11.2. The first-order valence-electron chi connectivity index (χ1n) is 6.45. The van der Waals surface area contributed by atoms with E-state index in [2.05, 4.69) is 10.3 Å². The molecule has 3 nitrogen and oxygen atoms in total. The van der Waals surface area contributed by atoms with Crippen molar-refractivity contribution >= 4 is 5.91 Å². The minimum absolute atomic E-state index is 0.255. The second-order valence-corrected chi connectivity index (χ2v) is 5.26. The number of hydrogen-bond acceptors (Lipinski definition) is 2. The summed E-state index contributed by atoms with van der Waals surface area (Å²) in [6.45, 7) is 4.12. The van der Waals surface area contributed by atoms with E-state index < -0.39 is 5.41 Å². The van der Waals surface area contributed by atoms with Gasteiger partial charge in [-0.2, -0.15) is 0 Å². The molecule has 20 heavy (non-hydrogen) atoms. The molecule has 0 aliphatic heterocycles. The summed E-state index contributed by atoms with van der Waals surface area (Å²) in [5, 5.41) is 2.80. The molecule has 104 valence electrons. The third-order valence-electron chi connectivity index (χ3n) is 3.19. The van der Waals surface area contributed by atoms with Gasteiger partial charge in [0, 0.05) is 18.2 Å². The average molecular weight is 272 g/mol. The zero-order valence-electron chi connectivity index (χ0n) is 11.6. The van der Waals surface area contributed by atoms with Crippen LogP contribution in [-0.4, -0.2) is 17.4 Å². The lowest BCUT2D eigenvalue weighted by molar-refractivity contribution is 0.0940. The monoisotopic (exact) mass is 272 g/mol. The van der Waals surface area contributed by atoms with Crippen molar-refractivity contribution in [2.75, 3.05) is 6.54 Å². The molecule has 1 aromatic carbocycles. The fraction of sp³-hybridized carbons (Fsp3) is 0.250. The van der Waals surface area contributed by atoms with Gasteiger partial charge in [-0.1, -0.05) is 38.1 Å². The van der Waals surface area contributed by atoms with Crippen LogP contribution in [0.3, 0.4) is 0 Å². The van der Waals surface area contributed by atoms with Crippen LogP contribution in [0.2, 0.25) is 0 Å². The van der Waals surface area contributed by atoms with Crippen LogP contribution < -0.4 is 5.32 Å². The smallest absolute Gasteiger partial charge is 0.269 e. The van der Waals surface area contributed by atoms with Crippen molar-refractivity contribution in [2.24, 2.45) is 0 Å². The van der Waals surface area contributed by atoms with Gasteiger partial charge in [-0.3, -0.25) is 9.78 Å². The number of nitrogens with one attached hydrogen (secondary N) is 1. The minimum Gasteiger partial charge on any atom is -0.350 e. The van der Waals surface area contributed by atoms with Gasteiger partial charge in [0.2, 0.25) is 0 Å². The van der Waals surface area contributed by atoms with Gasteiger partial charge in [0.05, 0.1) is 0 Å². The van der Waals surface area contributed by atoms with Gasteiger partial charge in [0.25, 0.3) is 5.91 Å². The number of hydrogen-bond donors (Lipinski definition) is 1. The van der Waals surface area contributed by atoms with E-state index in [4.69, 9.17) is 0 Å². The molecule has 1 N–H and O–H groups in total. The zero-order chi connectivity index (χ0) is 14.6. The van der Waals surface area contributed by atoms with Crippen molar-refractivity contribution in [3.8, 4) is 0 Å². The Hall–Kier alpha value is -2.23. The first-order valence-corrected chi connectivity index (χ1v) is 6.45. The van der Waals surface area contributed by atoms with Crippen LogP contribution in [0.1, 0.15) is 29.9 Å². The Bertz CT molecular complexity index is 596. The summed E-state index contributed by atoms with van der Waals surface area (Å²) in [5.74, 6) is -0.514. The zero-order valence-corrected chi connectivity index (χ0v) is 11.6. The van der Waals surface area contributed by atoms with Gasteiger partial charge < -0.3 is 5.32 Å². The summed E-state index contributed by atoms with van der Waals surface area (Å²) in [6, 6.07) is 11.8. The van der Waals surface area contributed by atoms with Crippen molar-refractivity contribution < 1.29 is 9.18 Å². The quantitative estimate of drug-likeness (QED) is 0.929. The highest BCUT2D eigenvalue weighted by Crippen LogP contribution is 2.24. The molecular weight excluding hydrogens is 255 g/mol. The molecule has 1 amide bonds. The summed E-state index contributed by atoms with van der Waals surface area (Å²) in [7, 11) is 0. The first kappa shape index (κ1) is 14.2. The van der Waals surface area contributed by atoms with Gasteiger partial charge in [-0.05, 0) is 23.8 Å². The third-order valence-corrected chi connectivity index (χ3v) is 3.19. The van der Waals surface area contributed by atoms with Crippen LogP contribution in [0, 0.1) is 5.82 Å². The predicted molar refractivity (Wildman–Crippen MR) is 76.0 cm³/mol. The molecule has 0 spiro atoms. The number of nitrogens with zero attached hydrogens (tertiary/aromatic N) is 1. The van der Waals surface area contributed by atoms with Crippen LogP contribution in [0.15, 0.2) is 48.7 Å². The van der Waals surface area contributed by atoms with Crippen molar-refractivity contribution in [3.63, 3.8) is 0 Å². The van der Waals surface area contributed by atoms with Gasteiger partial charge in [-0.15, -0.1) is 0 Å². The Balaban J connectivity index is 2.07. The Morgan fingerprint density at radius 1 is 1.20 bits per heavy atom. The number of carbonyl (C=O) groups excluding carboxylic acids is 1. The van der Waals surface area contributed by atoms with Crippen LogP contribution in [-0.2, 0) is 5.41 Å². The van der Waals surface area contributed by atoms with E-state index in [1.807, 2.05) is 13.8 Å². The third kappa shape index (κ3) is 3.20. The van der Waals surface area contributed by atoms with E-state index in [1.54, 1.807) is 42.6 Å². The number of aromatic nitrogens is 1. The molecule has 0 unspecified atom stereocenters. The van der Waals surface area contributed by atoms with Gasteiger partial charge in [0.1, 0.15) is 11.5 Å². The first-order chi connectivity index (χ1) is 9.50. The Morgan fingerprint density at radius 3 is 2.55 bits per heavy atom. The van der Waals surface area contributed by atoms with E-state index >= 15 is 0 Å².